The van der Waals surface area contributed by atoms with Gasteiger partial charge in [0.1, 0.15) is 5.75 Å². The second kappa shape index (κ2) is 4.35. The van der Waals surface area contributed by atoms with Crippen LogP contribution in [0.3, 0.4) is 0 Å². The second-order valence-electron chi connectivity index (χ2n) is 4.05. The largest absolute Gasteiger partial charge is 0.482 e. The summed E-state index contributed by atoms with van der Waals surface area (Å²) in [5.74, 6) is 0.572. The number of rotatable bonds is 1. The number of ether oxygens (including phenoxy) is 1. The zero-order chi connectivity index (χ0) is 12.5. The summed E-state index contributed by atoms with van der Waals surface area (Å²) >= 11 is 5.86. The van der Waals surface area contributed by atoms with Gasteiger partial charge in [-0.3, -0.25) is 4.79 Å². The van der Waals surface area contributed by atoms with Crippen LogP contribution < -0.4 is 10.1 Å². The van der Waals surface area contributed by atoms with E-state index in [9.17, 15) is 4.79 Å². The highest BCUT2D eigenvalue weighted by atomic mass is 35.5. The average Bonchev–Trinajstić information content (AvgIpc) is 2.38. The summed E-state index contributed by atoms with van der Waals surface area (Å²) in [5.41, 5.74) is 2.76. The summed E-state index contributed by atoms with van der Waals surface area (Å²) in [4.78, 5) is 11.3. The van der Waals surface area contributed by atoms with Crippen molar-refractivity contribution in [2.45, 2.75) is 0 Å². The molecule has 0 fully saturated rings. The highest BCUT2D eigenvalue weighted by molar-refractivity contribution is 6.30. The molecule has 1 heterocycles. The van der Waals surface area contributed by atoms with Gasteiger partial charge in [0.2, 0.25) is 0 Å². The Bertz CT molecular complexity index is 608. The molecule has 1 aliphatic rings. The molecule has 1 amide bonds. The van der Waals surface area contributed by atoms with E-state index in [0.29, 0.717) is 16.5 Å². The summed E-state index contributed by atoms with van der Waals surface area (Å²) in [6.07, 6.45) is 0. The van der Waals surface area contributed by atoms with Gasteiger partial charge in [0.15, 0.2) is 6.61 Å². The maximum absolute atomic E-state index is 11.3. The van der Waals surface area contributed by atoms with E-state index in [1.54, 1.807) is 0 Å². The van der Waals surface area contributed by atoms with Crippen LogP contribution in [-0.4, -0.2) is 12.5 Å². The van der Waals surface area contributed by atoms with E-state index in [1.807, 2.05) is 42.5 Å². The maximum Gasteiger partial charge on any atom is 0.262 e. The number of benzene rings is 2. The van der Waals surface area contributed by atoms with Gasteiger partial charge in [0.05, 0.1) is 5.69 Å². The van der Waals surface area contributed by atoms with Gasteiger partial charge in [-0.15, -0.1) is 0 Å². The van der Waals surface area contributed by atoms with Crippen LogP contribution in [0.2, 0.25) is 5.02 Å². The van der Waals surface area contributed by atoms with Crippen LogP contribution in [0.25, 0.3) is 11.1 Å². The maximum atomic E-state index is 11.3. The third kappa shape index (κ3) is 2.05. The lowest BCUT2D eigenvalue weighted by Gasteiger charge is -2.18. The Labute approximate surface area is 109 Å². The summed E-state index contributed by atoms with van der Waals surface area (Å²) in [6.45, 7) is 0.0767. The Kier molecular flexibility index (Phi) is 2.68. The third-order valence-corrected chi connectivity index (χ3v) is 3.04. The van der Waals surface area contributed by atoms with E-state index in [0.717, 1.165) is 11.1 Å². The Morgan fingerprint density at radius 3 is 2.56 bits per heavy atom. The normalized spacial score (nSPS) is 13.5. The predicted octanol–water partition coefficient (Wildman–Crippen LogP) is 3.34. The standard InChI is InChI=1S/C14H10ClNO2/c15-11-4-1-9(2-5-11)10-3-6-13-12(7-10)16-14(17)8-18-13/h1-7H,8H2,(H,16,17). The average molecular weight is 260 g/mol. The van der Waals surface area contributed by atoms with Gasteiger partial charge in [-0.25, -0.2) is 0 Å². The lowest BCUT2D eigenvalue weighted by atomic mass is 10.0. The molecule has 0 saturated carbocycles. The molecular formula is C14H10ClNO2. The number of carbonyl (C=O) groups excluding carboxylic acids is 1. The van der Waals surface area contributed by atoms with Crippen molar-refractivity contribution in [3.63, 3.8) is 0 Å². The van der Waals surface area contributed by atoms with Crippen molar-refractivity contribution in [1.29, 1.82) is 0 Å². The Morgan fingerprint density at radius 1 is 1.06 bits per heavy atom. The van der Waals surface area contributed by atoms with Gasteiger partial charge in [0, 0.05) is 5.02 Å². The number of carbonyl (C=O) groups is 1. The molecule has 0 spiro atoms. The van der Waals surface area contributed by atoms with Crippen molar-refractivity contribution in [3.05, 3.63) is 47.5 Å². The monoisotopic (exact) mass is 259 g/mol. The first kappa shape index (κ1) is 11.1. The number of hydrogen-bond donors (Lipinski definition) is 1. The second-order valence-corrected chi connectivity index (χ2v) is 4.49. The molecule has 0 aliphatic carbocycles. The molecule has 0 aromatic heterocycles. The van der Waals surface area contributed by atoms with Gasteiger partial charge in [-0.1, -0.05) is 29.8 Å². The third-order valence-electron chi connectivity index (χ3n) is 2.79. The number of amides is 1. The zero-order valence-electron chi connectivity index (χ0n) is 9.44. The topological polar surface area (TPSA) is 38.3 Å². The molecule has 0 saturated heterocycles. The highest BCUT2D eigenvalue weighted by Gasteiger charge is 2.16. The smallest absolute Gasteiger partial charge is 0.262 e. The lowest BCUT2D eigenvalue weighted by Crippen LogP contribution is -2.25. The number of halogens is 1. The van der Waals surface area contributed by atoms with E-state index in [-0.39, 0.29) is 12.5 Å². The lowest BCUT2D eigenvalue weighted by molar-refractivity contribution is -0.118. The van der Waals surface area contributed by atoms with E-state index in [4.69, 9.17) is 16.3 Å². The van der Waals surface area contributed by atoms with Crippen molar-refractivity contribution in [1.82, 2.24) is 0 Å². The molecule has 0 atom stereocenters. The summed E-state index contributed by atoms with van der Waals surface area (Å²) in [5, 5.41) is 3.49. The first-order chi connectivity index (χ1) is 8.72. The van der Waals surface area contributed by atoms with Crippen molar-refractivity contribution >= 4 is 23.2 Å². The van der Waals surface area contributed by atoms with Gasteiger partial charge < -0.3 is 10.1 Å². The zero-order valence-corrected chi connectivity index (χ0v) is 10.2. The molecule has 1 N–H and O–H groups in total. The van der Waals surface area contributed by atoms with Crippen LogP contribution >= 0.6 is 11.6 Å². The van der Waals surface area contributed by atoms with Crippen molar-refractivity contribution in [2.75, 3.05) is 11.9 Å². The highest BCUT2D eigenvalue weighted by Crippen LogP contribution is 2.32. The molecule has 1 aliphatic heterocycles. The molecule has 90 valence electrons. The Hall–Kier alpha value is -2.00. The van der Waals surface area contributed by atoms with Crippen molar-refractivity contribution in [2.24, 2.45) is 0 Å². The number of nitrogens with one attached hydrogen (secondary N) is 1. The van der Waals surface area contributed by atoms with E-state index in [1.165, 1.54) is 0 Å². The van der Waals surface area contributed by atoms with Crippen molar-refractivity contribution in [3.8, 4) is 16.9 Å². The molecule has 4 heteroatoms. The summed E-state index contributed by atoms with van der Waals surface area (Å²) < 4.78 is 5.31. The van der Waals surface area contributed by atoms with Crippen LogP contribution in [0.4, 0.5) is 5.69 Å². The van der Waals surface area contributed by atoms with Gasteiger partial charge in [-0.2, -0.15) is 0 Å². The predicted molar refractivity (Wildman–Crippen MR) is 71.0 cm³/mol. The van der Waals surface area contributed by atoms with Gasteiger partial charge in [-0.05, 0) is 35.4 Å². The Balaban J connectivity index is 2.01. The quantitative estimate of drug-likeness (QED) is 0.853. The van der Waals surface area contributed by atoms with Crippen molar-refractivity contribution < 1.29 is 9.53 Å². The first-order valence-electron chi connectivity index (χ1n) is 5.55. The van der Waals surface area contributed by atoms with Gasteiger partial charge >= 0.3 is 0 Å². The fourth-order valence-corrected chi connectivity index (χ4v) is 2.03. The minimum absolute atomic E-state index is 0.0767. The molecule has 18 heavy (non-hydrogen) atoms. The molecule has 3 nitrogen and oxygen atoms in total. The van der Waals surface area contributed by atoms with Crippen LogP contribution in [0.1, 0.15) is 0 Å². The van der Waals surface area contributed by atoms with E-state index < -0.39 is 0 Å². The number of fused-ring (bicyclic) bond motifs is 1. The molecule has 0 radical (unpaired) electrons. The first-order valence-corrected chi connectivity index (χ1v) is 5.93. The minimum atomic E-state index is -0.129. The van der Waals surface area contributed by atoms with E-state index >= 15 is 0 Å². The minimum Gasteiger partial charge on any atom is -0.482 e. The summed E-state index contributed by atoms with van der Waals surface area (Å²) in [7, 11) is 0. The molecule has 2 aromatic carbocycles. The number of anilines is 1. The molecule has 0 unspecified atom stereocenters. The van der Waals surface area contributed by atoms with Crippen LogP contribution in [0, 0.1) is 0 Å². The number of hydrogen-bond acceptors (Lipinski definition) is 2. The van der Waals surface area contributed by atoms with Crippen LogP contribution in [0.5, 0.6) is 5.75 Å². The SMILES string of the molecule is O=C1COc2ccc(-c3ccc(Cl)cc3)cc2N1. The fraction of sp³-hybridized carbons (Fsp3) is 0.0714. The van der Waals surface area contributed by atoms with Gasteiger partial charge in [0.25, 0.3) is 5.91 Å². The molecular weight excluding hydrogens is 250 g/mol. The fourth-order valence-electron chi connectivity index (χ4n) is 1.91. The molecule has 3 rings (SSSR count). The van der Waals surface area contributed by atoms with E-state index in [2.05, 4.69) is 5.32 Å². The molecule has 0 bridgehead atoms. The van der Waals surface area contributed by atoms with Crippen LogP contribution in [-0.2, 0) is 4.79 Å². The molecule has 2 aromatic rings. The van der Waals surface area contributed by atoms with Crippen LogP contribution in [0.15, 0.2) is 42.5 Å². The Morgan fingerprint density at radius 2 is 1.78 bits per heavy atom. The summed E-state index contributed by atoms with van der Waals surface area (Å²) in [6, 6.07) is 13.3.